The zero-order valence-electron chi connectivity index (χ0n) is 9.89. The van der Waals surface area contributed by atoms with E-state index >= 15 is 0 Å². The lowest BCUT2D eigenvalue weighted by molar-refractivity contribution is -0.119. The molecule has 3 N–H and O–H groups in total. The number of nitrogens with one attached hydrogen (secondary N) is 1. The van der Waals surface area contributed by atoms with Gasteiger partial charge in [-0.15, -0.1) is 10.2 Å². The number of amides is 1. The first-order valence-corrected chi connectivity index (χ1v) is 5.76. The van der Waals surface area contributed by atoms with Crippen molar-refractivity contribution in [2.24, 2.45) is 0 Å². The zero-order valence-corrected chi connectivity index (χ0v) is 9.89. The summed E-state index contributed by atoms with van der Waals surface area (Å²) in [4.78, 5) is 13.1. The maximum atomic E-state index is 10.9. The van der Waals surface area contributed by atoms with E-state index < -0.39 is 0 Å². The van der Waals surface area contributed by atoms with Gasteiger partial charge in [0, 0.05) is 26.1 Å². The Kier molecular flexibility index (Phi) is 3.41. The Morgan fingerprint density at radius 3 is 2.65 bits per heavy atom. The number of anilines is 2. The Bertz CT molecular complexity index is 383. The summed E-state index contributed by atoms with van der Waals surface area (Å²) < 4.78 is 0. The molecule has 6 nitrogen and oxygen atoms in total. The number of piperidine rings is 1. The number of carbonyl (C=O) groups excluding carboxylic acids is 1. The average molecular weight is 235 g/mol. The van der Waals surface area contributed by atoms with Crippen LogP contribution in [0.25, 0.3) is 0 Å². The summed E-state index contributed by atoms with van der Waals surface area (Å²) in [5.74, 6) is 1.32. The van der Waals surface area contributed by atoms with Crippen LogP contribution in [0.1, 0.15) is 19.8 Å². The van der Waals surface area contributed by atoms with Gasteiger partial charge in [-0.25, -0.2) is 0 Å². The monoisotopic (exact) mass is 235 g/mol. The van der Waals surface area contributed by atoms with E-state index in [2.05, 4.69) is 20.4 Å². The first kappa shape index (κ1) is 11.6. The van der Waals surface area contributed by atoms with Gasteiger partial charge in [-0.1, -0.05) is 0 Å². The highest BCUT2D eigenvalue weighted by Crippen LogP contribution is 2.17. The fourth-order valence-electron chi connectivity index (χ4n) is 2.04. The molecule has 0 aromatic carbocycles. The molecule has 0 atom stereocenters. The Balaban J connectivity index is 1.90. The number of rotatable bonds is 2. The largest absolute Gasteiger partial charge is 0.382 e. The van der Waals surface area contributed by atoms with E-state index in [4.69, 9.17) is 5.73 Å². The lowest BCUT2D eigenvalue weighted by Gasteiger charge is -2.32. The van der Waals surface area contributed by atoms with Crippen LogP contribution in [0.15, 0.2) is 12.1 Å². The summed E-state index contributed by atoms with van der Waals surface area (Å²) in [6, 6.07) is 3.91. The molecule has 1 fully saturated rings. The molecule has 0 bridgehead atoms. The highest BCUT2D eigenvalue weighted by Gasteiger charge is 2.20. The Hall–Kier alpha value is -1.85. The van der Waals surface area contributed by atoms with Gasteiger partial charge in [-0.3, -0.25) is 4.79 Å². The molecule has 1 aromatic heterocycles. The third kappa shape index (κ3) is 3.05. The highest BCUT2D eigenvalue weighted by atomic mass is 16.1. The van der Waals surface area contributed by atoms with E-state index in [9.17, 15) is 4.79 Å². The Morgan fingerprint density at radius 2 is 2.12 bits per heavy atom. The molecule has 1 saturated heterocycles. The van der Waals surface area contributed by atoms with Crippen LogP contribution in [0.5, 0.6) is 0 Å². The quantitative estimate of drug-likeness (QED) is 0.763. The van der Waals surface area contributed by atoms with E-state index in [1.165, 1.54) is 0 Å². The van der Waals surface area contributed by atoms with Gasteiger partial charge in [0.15, 0.2) is 5.82 Å². The van der Waals surface area contributed by atoms with Gasteiger partial charge in [0.2, 0.25) is 5.91 Å². The average Bonchev–Trinajstić information content (AvgIpc) is 2.30. The summed E-state index contributed by atoms with van der Waals surface area (Å²) in [7, 11) is 0. The summed E-state index contributed by atoms with van der Waals surface area (Å²) in [5, 5.41) is 10.8. The molecule has 0 radical (unpaired) electrons. The summed E-state index contributed by atoms with van der Waals surface area (Å²) >= 11 is 0. The number of nitrogens with two attached hydrogens (primary N) is 1. The van der Waals surface area contributed by atoms with E-state index in [-0.39, 0.29) is 11.9 Å². The van der Waals surface area contributed by atoms with Gasteiger partial charge in [0.05, 0.1) is 0 Å². The number of nitrogens with zero attached hydrogens (tertiary/aromatic N) is 3. The standard InChI is InChI=1S/C11H17N5O/c1-8(17)13-9-4-6-16(7-5-9)11-3-2-10(12)14-15-11/h2-3,9H,4-7H2,1H3,(H2,12,14)(H,13,17). The van der Waals surface area contributed by atoms with Crippen LogP contribution in [0, 0.1) is 0 Å². The summed E-state index contributed by atoms with van der Waals surface area (Å²) in [6.07, 6.45) is 1.87. The smallest absolute Gasteiger partial charge is 0.217 e. The molecular weight excluding hydrogens is 218 g/mol. The maximum absolute atomic E-state index is 10.9. The van der Waals surface area contributed by atoms with Crippen molar-refractivity contribution >= 4 is 17.5 Å². The van der Waals surface area contributed by atoms with Crippen molar-refractivity contribution < 1.29 is 4.79 Å². The summed E-state index contributed by atoms with van der Waals surface area (Å²) in [5.41, 5.74) is 5.49. The van der Waals surface area contributed by atoms with Gasteiger partial charge < -0.3 is 16.0 Å². The maximum Gasteiger partial charge on any atom is 0.217 e. The SMILES string of the molecule is CC(=O)NC1CCN(c2ccc(N)nn2)CC1. The second-order valence-corrected chi connectivity index (χ2v) is 4.28. The molecule has 0 unspecified atom stereocenters. The molecular formula is C11H17N5O. The predicted octanol–water partition coefficient (Wildman–Crippen LogP) is 0.164. The van der Waals surface area contributed by atoms with Crippen molar-refractivity contribution in [1.29, 1.82) is 0 Å². The first-order chi connectivity index (χ1) is 8.15. The number of hydrogen-bond donors (Lipinski definition) is 2. The number of aromatic nitrogens is 2. The van der Waals surface area contributed by atoms with Gasteiger partial charge >= 0.3 is 0 Å². The molecule has 1 amide bonds. The molecule has 1 aromatic rings. The van der Waals surface area contributed by atoms with E-state index in [0.29, 0.717) is 5.82 Å². The number of nitrogen functional groups attached to an aromatic ring is 1. The van der Waals surface area contributed by atoms with Crippen LogP contribution in [0.3, 0.4) is 0 Å². The van der Waals surface area contributed by atoms with Crippen LogP contribution in [-0.4, -0.2) is 35.2 Å². The van der Waals surface area contributed by atoms with Crippen molar-refractivity contribution in [3.63, 3.8) is 0 Å². The van der Waals surface area contributed by atoms with Crippen molar-refractivity contribution in [3.8, 4) is 0 Å². The molecule has 0 aliphatic carbocycles. The molecule has 92 valence electrons. The number of carbonyl (C=O) groups is 1. The molecule has 0 spiro atoms. The second-order valence-electron chi connectivity index (χ2n) is 4.28. The fourth-order valence-corrected chi connectivity index (χ4v) is 2.04. The highest BCUT2D eigenvalue weighted by molar-refractivity contribution is 5.73. The lowest BCUT2D eigenvalue weighted by Crippen LogP contribution is -2.44. The van der Waals surface area contributed by atoms with Crippen molar-refractivity contribution in [3.05, 3.63) is 12.1 Å². The fraction of sp³-hybridized carbons (Fsp3) is 0.545. The van der Waals surface area contributed by atoms with Gasteiger partial charge in [-0.2, -0.15) is 0 Å². The molecule has 1 aliphatic heterocycles. The van der Waals surface area contributed by atoms with Gasteiger partial charge in [-0.05, 0) is 25.0 Å². The van der Waals surface area contributed by atoms with E-state index in [0.717, 1.165) is 31.7 Å². The number of hydrogen-bond acceptors (Lipinski definition) is 5. The van der Waals surface area contributed by atoms with Crippen LogP contribution in [0.4, 0.5) is 11.6 Å². The molecule has 2 rings (SSSR count). The zero-order chi connectivity index (χ0) is 12.3. The molecule has 17 heavy (non-hydrogen) atoms. The van der Waals surface area contributed by atoms with Crippen LogP contribution < -0.4 is 16.0 Å². The molecule has 6 heteroatoms. The van der Waals surface area contributed by atoms with Gasteiger partial charge in [0.1, 0.15) is 5.82 Å². The van der Waals surface area contributed by atoms with Crippen LogP contribution >= 0.6 is 0 Å². The van der Waals surface area contributed by atoms with Crippen molar-refractivity contribution in [2.45, 2.75) is 25.8 Å². The first-order valence-electron chi connectivity index (χ1n) is 5.76. The van der Waals surface area contributed by atoms with E-state index in [1.807, 2.05) is 6.07 Å². The lowest BCUT2D eigenvalue weighted by atomic mass is 10.1. The van der Waals surface area contributed by atoms with Crippen LogP contribution in [-0.2, 0) is 4.79 Å². The second kappa shape index (κ2) is 4.99. The minimum absolute atomic E-state index is 0.0377. The summed E-state index contributed by atoms with van der Waals surface area (Å²) in [6.45, 7) is 3.31. The third-order valence-corrected chi connectivity index (χ3v) is 2.90. The minimum Gasteiger partial charge on any atom is -0.382 e. The molecule has 2 heterocycles. The van der Waals surface area contributed by atoms with Crippen molar-refractivity contribution in [1.82, 2.24) is 15.5 Å². The van der Waals surface area contributed by atoms with Gasteiger partial charge in [0.25, 0.3) is 0 Å². The topological polar surface area (TPSA) is 84.1 Å². The molecule has 1 aliphatic rings. The van der Waals surface area contributed by atoms with Crippen molar-refractivity contribution in [2.75, 3.05) is 23.7 Å². The third-order valence-electron chi connectivity index (χ3n) is 2.90. The Labute approximate surface area is 100 Å². The Morgan fingerprint density at radius 1 is 1.41 bits per heavy atom. The normalized spacial score (nSPS) is 16.9. The minimum atomic E-state index is 0.0377. The predicted molar refractivity (Wildman–Crippen MR) is 65.5 cm³/mol. The van der Waals surface area contributed by atoms with Crippen LogP contribution in [0.2, 0.25) is 0 Å². The molecule has 0 saturated carbocycles. The van der Waals surface area contributed by atoms with E-state index in [1.54, 1.807) is 13.0 Å².